The largest absolute Gasteiger partial charge is 0.456 e. The van der Waals surface area contributed by atoms with Crippen molar-refractivity contribution in [3.05, 3.63) is 123 Å². The predicted molar refractivity (Wildman–Crippen MR) is 242 cm³/mol. The van der Waals surface area contributed by atoms with Crippen LogP contribution in [0.15, 0.2) is 102 Å². The van der Waals surface area contributed by atoms with Gasteiger partial charge in [-0.1, -0.05) is 43.2 Å². The van der Waals surface area contributed by atoms with E-state index in [1.54, 1.807) is 29.2 Å². The highest BCUT2D eigenvalue weighted by Crippen LogP contribution is 2.43. The molecule has 2 saturated heterocycles. The molecule has 5 aromatic rings. The molecule has 2 fully saturated rings. The van der Waals surface area contributed by atoms with Gasteiger partial charge >= 0.3 is 0 Å². The van der Waals surface area contributed by atoms with Crippen LogP contribution in [0.1, 0.15) is 61.9 Å². The number of likely N-dealkylation sites (tertiary alicyclic amines) is 1. The third-order valence-electron chi connectivity index (χ3n) is 12.1. The molecule has 0 bridgehead atoms. The Bertz CT molecular complexity index is 2660. The smallest absolute Gasteiger partial charge is 0.293 e. The van der Waals surface area contributed by atoms with Crippen LogP contribution in [0.25, 0.3) is 16.5 Å². The fourth-order valence-corrected chi connectivity index (χ4v) is 9.69. The first-order valence-corrected chi connectivity index (χ1v) is 22.8. The van der Waals surface area contributed by atoms with Crippen molar-refractivity contribution in [2.45, 2.75) is 50.8 Å². The van der Waals surface area contributed by atoms with E-state index < -0.39 is 31.4 Å². The Morgan fingerprint density at radius 2 is 1.74 bits per heavy atom. The highest BCUT2D eigenvalue weighted by molar-refractivity contribution is 7.90. The Morgan fingerprint density at radius 1 is 0.952 bits per heavy atom. The summed E-state index contributed by atoms with van der Waals surface area (Å²) in [5.74, 6) is -0.333. The molecule has 0 radical (unpaired) electrons. The number of carbonyl (C=O) groups excluding carboxylic acids is 2. The molecule has 3 N–H and O–H groups in total. The third-order valence-corrected chi connectivity index (χ3v) is 13.6. The maximum atomic E-state index is 13.9. The summed E-state index contributed by atoms with van der Waals surface area (Å²) in [5, 5.41) is 16.6. The van der Waals surface area contributed by atoms with Gasteiger partial charge in [0.15, 0.2) is 0 Å². The Morgan fingerprint density at radius 3 is 2.48 bits per heavy atom. The van der Waals surface area contributed by atoms with Gasteiger partial charge in [-0.2, -0.15) is 0 Å². The van der Waals surface area contributed by atoms with E-state index >= 15 is 0 Å². The maximum absolute atomic E-state index is 13.9. The second-order valence-corrected chi connectivity index (χ2v) is 19.1. The number of nitrogens with zero attached hydrogens (tertiary/aromatic N) is 4. The average Bonchev–Trinajstić information content (AvgIpc) is 3.89. The molecule has 4 aromatic carbocycles. The molecule has 1 aliphatic carbocycles. The molecule has 2 amide bonds. The second kappa shape index (κ2) is 17.8. The Hall–Kier alpha value is -5.90. The third kappa shape index (κ3) is 9.75. The molecule has 14 nitrogen and oxygen atoms in total. The van der Waals surface area contributed by atoms with Crippen molar-refractivity contribution < 1.29 is 27.7 Å². The zero-order valence-electron chi connectivity index (χ0n) is 34.8. The van der Waals surface area contributed by atoms with Crippen molar-refractivity contribution in [1.82, 2.24) is 19.5 Å². The summed E-state index contributed by atoms with van der Waals surface area (Å²) in [7, 11) is -4.58. The lowest BCUT2D eigenvalue weighted by molar-refractivity contribution is -0.384. The summed E-state index contributed by atoms with van der Waals surface area (Å²) in [4.78, 5) is 46.3. The van der Waals surface area contributed by atoms with E-state index in [1.165, 1.54) is 28.8 Å². The number of nitrogens with one attached hydrogen (secondary N) is 3. The monoisotopic (exact) mass is 879 g/mol. The number of hydrogen-bond donors (Lipinski definition) is 3. The molecule has 0 unspecified atom stereocenters. The maximum Gasteiger partial charge on any atom is 0.293 e. The number of aromatic amines is 1. The van der Waals surface area contributed by atoms with Crippen LogP contribution in [0.3, 0.4) is 0 Å². The topological polar surface area (TPSA) is 170 Å². The van der Waals surface area contributed by atoms with E-state index in [9.17, 15) is 28.1 Å². The number of benzene rings is 4. The molecule has 3 aliphatic rings. The molecule has 8 rings (SSSR count). The number of H-pyrrole nitrogens is 1. The zero-order valence-corrected chi connectivity index (χ0v) is 36.4. The lowest BCUT2D eigenvalue weighted by atomic mass is 9.72. The summed E-state index contributed by atoms with van der Waals surface area (Å²) >= 11 is 6.24. The minimum absolute atomic E-state index is 0.0269. The van der Waals surface area contributed by atoms with Gasteiger partial charge < -0.3 is 24.8 Å². The normalized spacial score (nSPS) is 17.1. The van der Waals surface area contributed by atoms with Crippen molar-refractivity contribution in [1.29, 1.82) is 0 Å². The first-order valence-electron chi connectivity index (χ1n) is 20.9. The van der Waals surface area contributed by atoms with Crippen molar-refractivity contribution >= 4 is 67.0 Å². The van der Waals surface area contributed by atoms with E-state index in [1.807, 2.05) is 36.5 Å². The van der Waals surface area contributed by atoms with Crippen molar-refractivity contribution in [2.75, 3.05) is 62.6 Å². The summed E-state index contributed by atoms with van der Waals surface area (Å²) in [5.41, 5.74) is 5.62. The van der Waals surface area contributed by atoms with Gasteiger partial charge in [-0.3, -0.25) is 24.6 Å². The minimum Gasteiger partial charge on any atom is -0.456 e. The number of rotatable bonds is 14. The minimum atomic E-state index is -4.58. The molecule has 1 aromatic heterocycles. The van der Waals surface area contributed by atoms with E-state index in [0.29, 0.717) is 25.3 Å². The van der Waals surface area contributed by atoms with Crippen LogP contribution in [-0.2, 0) is 14.8 Å². The van der Waals surface area contributed by atoms with Crippen LogP contribution in [0.4, 0.5) is 17.1 Å². The molecular formula is C46H50ClN7O7S. The number of fused-ring (bicyclic) bond motifs is 1. The van der Waals surface area contributed by atoms with Gasteiger partial charge in [-0.05, 0) is 103 Å². The summed E-state index contributed by atoms with van der Waals surface area (Å²) in [6, 6.07) is 24.0. The number of ether oxygens (including phenoxy) is 1. The van der Waals surface area contributed by atoms with Crippen LogP contribution in [-0.4, -0.2) is 92.3 Å². The standard InChI is InChI=1S/C46H50ClN7O7S/c1-46(2)17-15-33(39(29-46)31-5-7-34(47)8-6-31)30-51-22-24-52(25-23-51)35-9-12-38(43(27-35)61-36-10-13-40-32(26-36)16-18-48-40)45(56)50-62(59,60)37-11-14-41(42(28-37)54(57)58)49-19-21-53-20-3-4-44(53)55/h5-14,16,18,26-28,48-49H,3-4,15,17,19-25,29-30H2,1-2H3,(H,50,56). The lowest BCUT2D eigenvalue weighted by Crippen LogP contribution is -2.47. The Kier molecular flexibility index (Phi) is 12.3. The lowest BCUT2D eigenvalue weighted by Gasteiger charge is -2.39. The SMILES string of the molecule is CC1(C)CCC(CN2CCN(c3ccc(C(=O)NS(=O)(=O)c4ccc(NCCN5CCCC5=O)c([N+](=O)[O-])c4)c(Oc4ccc5[nH]ccc5c4)c3)CC2)=C(c2ccc(Cl)cc2)C1. The van der Waals surface area contributed by atoms with E-state index in [2.05, 4.69) is 50.8 Å². The fraction of sp³-hybridized carbons (Fsp3) is 0.348. The number of sulfonamides is 1. The molecule has 3 heterocycles. The molecule has 0 saturated carbocycles. The summed E-state index contributed by atoms with van der Waals surface area (Å²) < 4.78 is 35.8. The summed E-state index contributed by atoms with van der Waals surface area (Å²) in [6.45, 7) is 9.86. The second-order valence-electron chi connectivity index (χ2n) is 17.0. The number of nitro benzene ring substituents is 1. The number of piperazine rings is 1. The van der Waals surface area contributed by atoms with Gasteiger partial charge in [0.25, 0.3) is 21.6 Å². The van der Waals surface area contributed by atoms with E-state index in [4.69, 9.17) is 16.3 Å². The number of hydrogen-bond acceptors (Lipinski definition) is 10. The molecule has 62 heavy (non-hydrogen) atoms. The molecular weight excluding hydrogens is 830 g/mol. The number of aromatic nitrogens is 1. The van der Waals surface area contributed by atoms with Gasteiger partial charge in [-0.15, -0.1) is 0 Å². The average molecular weight is 880 g/mol. The van der Waals surface area contributed by atoms with Crippen molar-refractivity contribution in [3.63, 3.8) is 0 Å². The molecule has 16 heteroatoms. The summed E-state index contributed by atoms with van der Waals surface area (Å²) in [6.07, 6.45) is 6.24. The number of carbonyl (C=O) groups is 2. The number of amides is 2. The van der Waals surface area contributed by atoms with Gasteiger partial charge in [0.05, 0.1) is 15.4 Å². The quantitative estimate of drug-likeness (QED) is 0.0727. The molecule has 0 atom stereocenters. The molecule has 2 aliphatic heterocycles. The van der Waals surface area contributed by atoms with E-state index in [0.717, 1.165) is 86.1 Å². The Labute approximate surface area is 366 Å². The van der Waals surface area contributed by atoms with Crippen LogP contribution < -0.4 is 19.7 Å². The predicted octanol–water partition coefficient (Wildman–Crippen LogP) is 8.46. The van der Waals surface area contributed by atoms with Crippen LogP contribution in [0.2, 0.25) is 5.02 Å². The number of halogens is 1. The van der Waals surface area contributed by atoms with Gasteiger partial charge in [0.1, 0.15) is 17.2 Å². The zero-order chi connectivity index (χ0) is 43.6. The molecule has 324 valence electrons. The first-order chi connectivity index (χ1) is 29.7. The van der Waals surface area contributed by atoms with Gasteiger partial charge in [0.2, 0.25) is 5.91 Å². The van der Waals surface area contributed by atoms with Crippen LogP contribution in [0, 0.1) is 15.5 Å². The highest BCUT2D eigenvalue weighted by Gasteiger charge is 2.31. The fourth-order valence-electron chi connectivity index (χ4n) is 8.58. The number of nitro groups is 1. The van der Waals surface area contributed by atoms with Crippen LogP contribution in [0.5, 0.6) is 11.5 Å². The number of anilines is 2. The molecule has 0 spiro atoms. The highest BCUT2D eigenvalue weighted by atomic mass is 35.5. The van der Waals surface area contributed by atoms with Crippen molar-refractivity contribution in [3.8, 4) is 11.5 Å². The van der Waals surface area contributed by atoms with Gasteiger partial charge in [-0.25, -0.2) is 13.1 Å². The van der Waals surface area contributed by atoms with Crippen LogP contribution >= 0.6 is 11.6 Å². The van der Waals surface area contributed by atoms with Gasteiger partial charge in [0, 0.05) is 98.7 Å². The first kappa shape index (κ1) is 42.8. The number of allylic oxidation sites excluding steroid dienone is 1. The van der Waals surface area contributed by atoms with E-state index in [-0.39, 0.29) is 34.9 Å². The Balaban J connectivity index is 0.996. The van der Waals surface area contributed by atoms with Crippen molar-refractivity contribution in [2.24, 2.45) is 5.41 Å².